The van der Waals surface area contributed by atoms with E-state index in [1.807, 2.05) is 0 Å². The molecule has 0 saturated heterocycles. The second-order valence-electron chi connectivity index (χ2n) is 10.3. The first-order chi connectivity index (χ1) is 13.0. The van der Waals surface area contributed by atoms with Crippen LogP contribution in [-0.4, -0.2) is 36.2 Å². The number of aliphatic hydroxyl groups is 1. The summed E-state index contributed by atoms with van der Waals surface area (Å²) in [6.07, 6.45) is 11.5. The summed E-state index contributed by atoms with van der Waals surface area (Å²) < 4.78 is 1.73. The summed E-state index contributed by atoms with van der Waals surface area (Å²) in [6, 6.07) is 0. The highest BCUT2D eigenvalue weighted by molar-refractivity contribution is 5.34. The number of fused-ring (bicyclic) bond motifs is 7. The van der Waals surface area contributed by atoms with Gasteiger partial charge in [0, 0.05) is 11.9 Å². The molecule has 0 bridgehead atoms. The molecule has 0 amide bonds. The minimum absolute atomic E-state index is 0.0849. The SMILES string of the molecule is CC12CCC3C(CCC4Cc5nc6nnnn6cc5CC43C)C1CCC2O. The lowest BCUT2D eigenvalue weighted by atomic mass is 9.45. The van der Waals surface area contributed by atoms with Crippen molar-refractivity contribution in [2.45, 2.75) is 71.3 Å². The van der Waals surface area contributed by atoms with E-state index in [0.29, 0.717) is 23.0 Å². The van der Waals surface area contributed by atoms with Gasteiger partial charge in [-0.15, -0.1) is 0 Å². The van der Waals surface area contributed by atoms with Crippen LogP contribution in [0.2, 0.25) is 0 Å². The van der Waals surface area contributed by atoms with Crippen molar-refractivity contribution in [3.8, 4) is 0 Å². The van der Waals surface area contributed by atoms with Crippen LogP contribution in [0.5, 0.6) is 0 Å². The van der Waals surface area contributed by atoms with Gasteiger partial charge in [0.15, 0.2) is 0 Å². The Bertz CT molecular complexity index is 911. The zero-order valence-corrected chi connectivity index (χ0v) is 16.3. The molecule has 0 radical (unpaired) electrons. The van der Waals surface area contributed by atoms with Crippen LogP contribution in [0.1, 0.15) is 63.6 Å². The van der Waals surface area contributed by atoms with E-state index in [9.17, 15) is 5.11 Å². The maximum Gasteiger partial charge on any atom is 0.273 e. The summed E-state index contributed by atoms with van der Waals surface area (Å²) in [5.74, 6) is 3.61. The van der Waals surface area contributed by atoms with E-state index in [4.69, 9.17) is 4.98 Å². The van der Waals surface area contributed by atoms with Crippen LogP contribution in [0.25, 0.3) is 5.78 Å². The summed E-state index contributed by atoms with van der Waals surface area (Å²) in [4.78, 5) is 4.77. The third-order valence-electron chi connectivity index (χ3n) is 9.39. The molecule has 4 aliphatic rings. The molecule has 0 aromatic carbocycles. The molecular weight excluding hydrogens is 338 g/mol. The van der Waals surface area contributed by atoms with Crippen LogP contribution in [0.4, 0.5) is 0 Å². The number of hydrogen-bond acceptors (Lipinski definition) is 5. The number of hydrogen-bond donors (Lipinski definition) is 1. The number of nitrogens with zero attached hydrogens (tertiary/aromatic N) is 5. The van der Waals surface area contributed by atoms with Crippen molar-refractivity contribution >= 4 is 5.78 Å². The Balaban J connectivity index is 1.38. The summed E-state index contributed by atoms with van der Waals surface area (Å²) >= 11 is 0. The minimum Gasteiger partial charge on any atom is -0.393 e. The van der Waals surface area contributed by atoms with Crippen LogP contribution >= 0.6 is 0 Å². The van der Waals surface area contributed by atoms with Crippen LogP contribution in [0.15, 0.2) is 6.20 Å². The maximum atomic E-state index is 10.7. The smallest absolute Gasteiger partial charge is 0.273 e. The molecule has 1 N–H and O–H groups in total. The fraction of sp³-hybridized carbons (Fsp3) is 0.810. The molecule has 144 valence electrons. The monoisotopic (exact) mass is 367 g/mol. The van der Waals surface area contributed by atoms with Crippen LogP contribution in [-0.2, 0) is 12.8 Å². The number of aromatic nitrogens is 5. The summed E-state index contributed by atoms with van der Waals surface area (Å²) in [5, 5.41) is 22.5. The van der Waals surface area contributed by atoms with Gasteiger partial charge in [0.25, 0.3) is 5.78 Å². The fourth-order valence-electron chi connectivity index (χ4n) is 7.85. The average Bonchev–Trinajstić information content (AvgIpc) is 3.21. The van der Waals surface area contributed by atoms with Gasteiger partial charge < -0.3 is 5.11 Å². The summed E-state index contributed by atoms with van der Waals surface area (Å²) in [7, 11) is 0. The minimum atomic E-state index is -0.0849. The molecular formula is C21H29N5O. The molecule has 27 heavy (non-hydrogen) atoms. The molecule has 2 heterocycles. The van der Waals surface area contributed by atoms with E-state index in [2.05, 4.69) is 35.6 Å². The molecule has 7 atom stereocenters. The van der Waals surface area contributed by atoms with Crippen LogP contribution < -0.4 is 0 Å². The molecule has 7 unspecified atom stereocenters. The first kappa shape index (κ1) is 16.4. The van der Waals surface area contributed by atoms with Gasteiger partial charge >= 0.3 is 0 Å². The fourth-order valence-corrected chi connectivity index (χ4v) is 7.85. The van der Waals surface area contributed by atoms with Crippen LogP contribution in [0.3, 0.4) is 0 Å². The van der Waals surface area contributed by atoms with Crippen molar-refractivity contribution in [2.24, 2.45) is 34.5 Å². The molecule has 2 aromatic rings. The van der Waals surface area contributed by atoms with Crippen molar-refractivity contribution in [3.05, 3.63) is 17.5 Å². The van der Waals surface area contributed by atoms with E-state index in [-0.39, 0.29) is 11.5 Å². The summed E-state index contributed by atoms with van der Waals surface area (Å²) in [5.41, 5.74) is 3.06. The lowest BCUT2D eigenvalue weighted by Gasteiger charge is -2.60. The Labute approximate surface area is 159 Å². The Morgan fingerprint density at radius 1 is 1.07 bits per heavy atom. The molecule has 0 aliphatic heterocycles. The second kappa shape index (κ2) is 5.28. The standard InChI is InChI=1S/C21H29N5O/c1-20-8-7-16-14(15(20)5-6-18(20)27)4-3-13-9-17-12(10-21(13,16)2)11-26-19(22-17)23-24-25-26/h11,13-16,18,27H,3-10H2,1-2H3. The molecule has 3 fully saturated rings. The normalized spacial score (nSPS) is 45.8. The zero-order chi connectivity index (χ0) is 18.4. The van der Waals surface area contributed by atoms with Gasteiger partial charge in [-0.1, -0.05) is 18.9 Å². The number of rotatable bonds is 0. The lowest BCUT2D eigenvalue weighted by molar-refractivity contribution is -0.111. The largest absolute Gasteiger partial charge is 0.393 e. The Kier molecular flexibility index (Phi) is 3.21. The molecule has 4 aliphatic carbocycles. The van der Waals surface area contributed by atoms with Crippen molar-refractivity contribution in [2.75, 3.05) is 0 Å². The molecule has 6 rings (SSSR count). The lowest BCUT2D eigenvalue weighted by Crippen LogP contribution is -2.54. The Morgan fingerprint density at radius 3 is 2.81 bits per heavy atom. The predicted octanol–water partition coefficient (Wildman–Crippen LogP) is 2.84. The van der Waals surface area contributed by atoms with Gasteiger partial charge in [-0.25, -0.2) is 4.98 Å². The van der Waals surface area contributed by atoms with E-state index in [1.165, 1.54) is 43.4 Å². The van der Waals surface area contributed by atoms with E-state index < -0.39 is 0 Å². The van der Waals surface area contributed by atoms with Crippen molar-refractivity contribution in [3.63, 3.8) is 0 Å². The van der Waals surface area contributed by atoms with E-state index >= 15 is 0 Å². The number of aliphatic hydroxyl groups excluding tert-OH is 1. The quantitative estimate of drug-likeness (QED) is 0.775. The molecule has 2 aromatic heterocycles. The molecule has 0 spiro atoms. The zero-order valence-electron chi connectivity index (χ0n) is 16.3. The highest BCUT2D eigenvalue weighted by Crippen LogP contribution is 2.65. The first-order valence-corrected chi connectivity index (χ1v) is 10.7. The van der Waals surface area contributed by atoms with E-state index in [1.54, 1.807) is 4.52 Å². The van der Waals surface area contributed by atoms with Gasteiger partial charge in [-0.2, -0.15) is 4.52 Å². The van der Waals surface area contributed by atoms with Gasteiger partial charge in [0.1, 0.15) is 0 Å². The summed E-state index contributed by atoms with van der Waals surface area (Å²) in [6.45, 7) is 4.92. The van der Waals surface area contributed by atoms with E-state index in [0.717, 1.165) is 31.1 Å². The Morgan fingerprint density at radius 2 is 1.93 bits per heavy atom. The highest BCUT2D eigenvalue weighted by Gasteiger charge is 2.60. The topological polar surface area (TPSA) is 76.2 Å². The first-order valence-electron chi connectivity index (χ1n) is 10.7. The maximum absolute atomic E-state index is 10.7. The molecule has 6 heteroatoms. The van der Waals surface area contributed by atoms with Crippen LogP contribution in [0, 0.1) is 34.5 Å². The predicted molar refractivity (Wildman–Crippen MR) is 99.9 cm³/mol. The second-order valence-corrected chi connectivity index (χ2v) is 10.3. The van der Waals surface area contributed by atoms with Gasteiger partial charge in [-0.3, -0.25) is 0 Å². The van der Waals surface area contributed by atoms with Gasteiger partial charge in [0.05, 0.1) is 6.10 Å². The van der Waals surface area contributed by atoms with Gasteiger partial charge in [0.2, 0.25) is 0 Å². The number of tetrazole rings is 1. The van der Waals surface area contributed by atoms with Crippen molar-refractivity contribution in [1.82, 2.24) is 25.0 Å². The molecule has 3 saturated carbocycles. The Hall–Kier alpha value is -1.56. The average molecular weight is 367 g/mol. The van der Waals surface area contributed by atoms with Crippen molar-refractivity contribution in [1.29, 1.82) is 0 Å². The highest BCUT2D eigenvalue weighted by atomic mass is 16.3. The van der Waals surface area contributed by atoms with Crippen molar-refractivity contribution < 1.29 is 5.11 Å². The third kappa shape index (κ3) is 2.05. The third-order valence-corrected chi connectivity index (χ3v) is 9.39. The molecule has 6 nitrogen and oxygen atoms in total. The van der Waals surface area contributed by atoms with Gasteiger partial charge in [-0.05, 0) is 102 Å².